The second-order valence-corrected chi connectivity index (χ2v) is 6.48. The maximum atomic E-state index is 9.52. The summed E-state index contributed by atoms with van der Waals surface area (Å²) in [6.45, 7) is 6.71. The summed E-state index contributed by atoms with van der Waals surface area (Å²) in [7, 11) is 0. The Balaban J connectivity index is 1.76. The van der Waals surface area contributed by atoms with Gasteiger partial charge in [-0.25, -0.2) is 4.98 Å². The minimum Gasteiger partial charge on any atom is -0.392 e. The van der Waals surface area contributed by atoms with Gasteiger partial charge in [-0.15, -0.1) is 0 Å². The summed E-state index contributed by atoms with van der Waals surface area (Å²) in [6.07, 6.45) is 2.21. The Labute approximate surface area is 126 Å². The number of rotatable bonds is 2. The van der Waals surface area contributed by atoms with E-state index in [9.17, 15) is 5.11 Å². The zero-order chi connectivity index (χ0) is 15.0. The number of aryl methyl sites for hydroxylation is 1. The fourth-order valence-corrected chi connectivity index (χ4v) is 3.61. The van der Waals surface area contributed by atoms with Gasteiger partial charge in [0, 0.05) is 35.8 Å². The van der Waals surface area contributed by atoms with Gasteiger partial charge in [0.25, 0.3) is 0 Å². The first-order chi connectivity index (χ1) is 10.1. The number of pyridine rings is 1. The second-order valence-electron chi connectivity index (χ2n) is 6.48. The third-order valence-electron chi connectivity index (χ3n) is 5.17. The highest BCUT2D eigenvalue weighted by atomic mass is 16.5. The zero-order valence-electron chi connectivity index (χ0n) is 12.9. The van der Waals surface area contributed by atoms with Crippen LogP contribution in [0, 0.1) is 12.3 Å². The molecule has 2 fully saturated rings. The molecule has 3 rings (SSSR count). The molecular weight excluding hydrogens is 266 g/mol. The van der Waals surface area contributed by atoms with Crippen molar-refractivity contribution in [3.05, 3.63) is 23.4 Å². The highest BCUT2D eigenvalue weighted by molar-refractivity contribution is 5.48. The number of nitrogens with zero attached hydrogens (tertiary/aromatic N) is 2. The number of anilines is 1. The van der Waals surface area contributed by atoms with Crippen LogP contribution in [-0.4, -0.2) is 41.9 Å². The first-order valence-corrected chi connectivity index (χ1v) is 7.75. The molecule has 2 saturated heterocycles. The molecule has 2 aliphatic rings. The first kappa shape index (κ1) is 14.8. The zero-order valence-corrected chi connectivity index (χ0v) is 12.9. The maximum Gasteiger partial charge on any atom is 0.134 e. The fourth-order valence-electron chi connectivity index (χ4n) is 3.61. The topological polar surface area (TPSA) is 71.6 Å². The van der Waals surface area contributed by atoms with Crippen molar-refractivity contribution in [3.63, 3.8) is 0 Å². The molecule has 0 aromatic carbocycles. The predicted molar refractivity (Wildman–Crippen MR) is 82.2 cm³/mol. The quantitative estimate of drug-likeness (QED) is 0.857. The third-order valence-corrected chi connectivity index (χ3v) is 5.17. The van der Waals surface area contributed by atoms with Crippen LogP contribution in [0.2, 0.25) is 0 Å². The van der Waals surface area contributed by atoms with Crippen LogP contribution in [0.25, 0.3) is 0 Å². The monoisotopic (exact) mass is 291 g/mol. The fraction of sp³-hybridized carbons (Fsp3) is 0.688. The van der Waals surface area contributed by atoms with E-state index in [2.05, 4.69) is 16.8 Å². The summed E-state index contributed by atoms with van der Waals surface area (Å²) in [5, 5.41) is 9.52. The van der Waals surface area contributed by atoms with Gasteiger partial charge in [0.15, 0.2) is 0 Å². The summed E-state index contributed by atoms with van der Waals surface area (Å²) >= 11 is 0. The van der Waals surface area contributed by atoms with Crippen LogP contribution in [-0.2, 0) is 11.3 Å². The van der Waals surface area contributed by atoms with Crippen molar-refractivity contribution in [1.82, 2.24) is 4.98 Å². The van der Waals surface area contributed by atoms with Crippen LogP contribution < -0.4 is 10.6 Å². The number of piperidine rings is 1. The Morgan fingerprint density at radius 2 is 2.14 bits per heavy atom. The molecule has 0 amide bonds. The molecule has 5 heteroatoms. The van der Waals surface area contributed by atoms with E-state index in [-0.39, 0.29) is 24.2 Å². The number of aliphatic hydroxyl groups is 1. The second kappa shape index (κ2) is 5.55. The minimum absolute atomic E-state index is 0.0317. The van der Waals surface area contributed by atoms with Gasteiger partial charge in [0.05, 0.1) is 19.3 Å². The Morgan fingerprint density at radius 3 is 2.71 bits per heavy atom. The lowest BCUT2D eigenvalue weighted by atomic mass is 9.73. The largest absolute Gasteiger partial charge is 0.392 e. The molecule has 0 radical (unpaired) electrons. The molecule has 1 spiro atoms. The van der Waals surface area contributed by atoms with E-state index >= 15 is 0 Å². The van der Waals surface area contributed by atoms with Gasteiger partial charge in [0.1, 0.15) is 5.82 Å². The number of hydrogen-bond acceptors (Lipinski definition) is 5. The standard InChI is InChI=1S/C16H25N3O2/c1-11-3-4-13(9-20)15(18-11)19-7-5-16(6-8-19)10-21-12(2)14(16)17/h3-4,12,14,20H,5-10,17H2,1-2H3/t12-,14+/m0/s1. The van der Waals surface area contributed by atoms with Gasteiger partial charge >= 0.3 is 0 Å². The SMILES string of the molecule is Cc1ccc(CO)c(N2CCC3(CC2)CO[C@@H](C)[C@H]3N)n1. The van der Waals surface area contributed by atoms with Crippen molar-refractivity contribution in [2.45, 2.75) is 45.4 Å². The molecule has 2 atom stereocenters. The highest BCUT2D eigenvalue weighted by Crippen LogP contribution is 2.42. The lowest BCUT2D eigenvalue weighted by Crippen LogP contribution is -2.51. The average Bonchev–Trinajstić information content (AvgIpc) is 2.77. The van der Waals surface area contributed by atoms with Gasteiger partial charge in [-0.05, 0) is 32.8 Å². The van der Waals surface area contributed by atoms with Crippen LogP contribution >= 0.6 is 0 Å². The molecular formula is C16H25N3O2. The van der Waals surface area contributed by atoms with Crippen molar-refractivity contribution in [2.24, 2.45) is 11.1 Å². The Morgan fingerprint density at radius 1 is 1.43 bits per heavy atom. The van der Waals surface area contributed by atoms with Crippen LogP contribution in [0.1, 0.15) is 31.0 Å². The molecule has 5 nitrogen and oxygen atoms in total. The van der Waals surface area contributed by atoms with Gasteiger partial charge < -0.3 is 20.5 Å². The van der Waals surface area contributed by atoms with E-state index in [4.69, 9.17) is 10.5 Å². The Bertz CT molecular complexity index is 512. The molecule has 2 aliphatic heterocycles. The van der Waals surface area contributed by atoms with E-state index in [1.807, 2.05) is 19.1 Å². The third kappa shape index (κ3) is 2.54. The van der Waals surface area contributed by atoms with E-state index < -0.39 is 0 Å². The minimum atomic E-state index is 0.0317. The maximum absolute atomic E-state index is 9.52. The summed E-state index contributed by atoms with van der Waals surface area (Å²) in [5.41, 5.74) is 8.36. The van der Waals surface area contributed by atoms with Crippen LogP contribution in [0.3, 0.4) is 0 Å². The number of aromatic nitrogens is 1. The molecule has 0 saturated carbocycles. The highest BCUT2D eigenvalue weighted by Gasteiger charge is 2.47. The average molecular weight is 291 g/mol. The van der Waals surface area contributed by atoms with Gasteiger partial charge in [-0.2, -0.15) is 0 Å². The summed E-state index contributed by atoms with van der Waals surface area (Å²) in [5.74, 6) is 0.924. The summed E-state index contributed by atoms with van der Waals surface area (Å²) < 4.78 is 5.76. The molecule has 0 bridgehead atoms. The van der Waals surface area contributed by atoms with Crippen molar-refractivity contribution in [1.29, 1.82) is 0 Å². The van der Waals surface area contributed by atoms with E-state index in [1.54, 1.807) is 0 Å². The smallest absolute Gasteiger partial charge is 0.134 e. The van der Waals surface area contributed by atoms with E-state index in [0.29, 0.717) is 0 Å². The van der Waals surface area contributed by atoms with Crippen molar-refractivity contribution < 1.29 is 9.84 Å². The molecule has 1 aromatic rings. The van der Waals surface area contributed by atoms with Crippen molar-refractivity contribution >= 4 is 5.82 Å². The summed E-state index contributed by atoms with van der Waals surface area (Å²) in [6, 6.07) is 4.04. The van der Waals surface area contributed by atoms with Gasteiger partial charge in [-0.3, -0.25) is 0 Å². The number of aliphatic hydroxyl groups excluding tert-OH is 1. The van der Waals surface area contributed by atoms with Crippen molar-refractivity contribution in [2.75, 3.05) is 24.6 Å². The van der Waals surface area contributed by atoms with Gasteiger partial charge in [-0.1, -0.05) is 6.07 Å². The first-order valence-electron chi connectivity index (χ1n) is 7.75. The molecule has 21 heavy (non-hydrogen) atoms. The normalized spacial score (nSPS) is 28.3. The molecule has 1 aromatic heterocycles. The van der Waals surface area contributed by atoms with E-state index in [0.717, 1.165) is 49.6 Å². The Kier molecular flexibility index (Phi) is 3.90. The lowest BCUT2D eigenvalue weighted by Gasteiger charge is -2.42. The van der Waals surface area contributed by atoms with Gasteiger partial charge in [0.2, 0.25) is 0 Å². The number of ether oxygens (including phenoxy) is 1. The molecule has 116 valence electrons. The van der Waals surface area contributed by atoms with Crippen LogP contribution in [0.15, 0.2) is 12.1 Å². The Hall–Kier alpha value is -1.17. The summed E-state index contributed by atoms with van der Waals surface area (Å²) in [4.78, 5) is 6.90. The molecule has 0 aliphatic carbocycles. The van der Waals surface area contributed by atoms with Crippen molar-refractivity contribution in [3.8, 4) is 0 Å². The van der Waals surface area contributed by atoms with E-state index in [1.165, 1.54) is 0 Å². The lowest BCUT2D eigenvalue weighted by molar-refractivity contribution is 0.0973. The molecule has 0 unspecified atom stereocenters. The number of hydrogen-bond donors (Lipinski definition) is 2. The van der Waals surface area contributed by atoms with Crippen LogP contribution in [0.5, 0.6) is 0 Å². The predicted octanol–water partition coefficient (Wildman–Crippen LogP) is 1.21. The number of nitrogens with two attached hydrogens (primary N) is 1. The van der Waals surface area contributed by atoms with Crippen LogP contribution in [0.4, 0.5) is 5.82 Å². The molecule has 3 N–H and O–H groups in total. The molecule has 3 heterocycles.